The molecule has 9 heteroatoms. The van der Waals surface area contributed by atoms with Gasteiger partial charge in [-0.1, -0.05) is 51.3 Å². The number of amides is 1. The fraction of sp³-hybridized carbons (Fsp3) is 0.130. The number of hydrazone groups is 1. The van der Waals surface area contributed by atoms with E-state index in [1.54, 1.807) is 12.1 Å². The van der Waals surface area contributed by atoms with E-state index < -0.39 is 5.91 Å². The van der Waals surface area contributed by atoms with Gasteiger partial charge in [0.15, 0.2) is 11.5 Å². The van der Waals surface area contributed by atoms with Gasteiger partial charge in [0.25, 0.3) is 5.91 Å². The molecule has 0 bridgehead atoms. The summed E-state index contributed by atoms with van der Waals surface area (Å²) in [6.07, 6.45) is 1.51. The van der Waals surface area contributed by atoms with Crippen molar-refractivity contribution in [3.63, 3.8) is 0 Å². The van der Waals surface area contributed by atoms with Gasteiger partial charge < -0.3 is 9.47 Å². The highest BCUT2D eigenvalue weighted by Gasteiger charge is 2.13. The smallest absolute Gasteiger partial charge is 0.272 e. The molecule has 166 valence electrons. The molecule has 0 atom stereocenters. The Kier molecular flexibility index (Phi) is 8.99. The maximum absolute atomic E-state index is 12.3. The number of carbonyl (C=O) groups is 1. The Bertz CT molecular complexity index is 1140. The predicted octanol–water partition coefficient (Wildman–Crippen LogP) is 7.26. The van der Waals surface area contributed by atoms with E-state index in [4.69, 9.17) is 32.7 Å². The molecule has 0 fully saturated rings. The molecule has 0 aliphatic carbocycles. The lowest BCUT2D eigenvalue weighted by Gasteiger charge is -2.14. The third-order valence-corrected chi connectivity index (χ3v) is 5.85. The Balaban J connectivity index is 1.72. The zero-order valence-electron chi connectivity index (χ0n) is 16.9. The topological polar surface area (TPSA) is 59.9 Å². The van der Waals surface area contributed by atoms with Crippen LogP contribution in [0.3, 0.4) is 0 Å². The molecule has 0 saturated carbocycles. The van der Waals surface area contributed by atoms with Crippen molar-refractivity contribution in [3.05, 3.63) is 90.3 Å². The number of halogens is 4. The van der Waals surface area contributed by atoms with Crippen LogP contribution in [-0.4, -0.2) is 18.7 Å². The minimum atomic E-state index is -0.443. The minimum absolute atomic E-state index is 0.249. The Labute approximate surface area is 213 Å². The summed E-state index contributed by atoms with van der Waals surface area (Å²) >= 11 is 18.9. The Morgan fingerprint density at radius 2 is 1.81 bits per heavy atom. The molecule has 0 unspecified atom stereocenters. The molecule has 0 spiro atoms. The Morgan fingerprint density at radius 1 is 1.06 bits per heavy atom. The molecule has 0 heterocycles. The van der Waals surface area contributed by atoms with E-state index in [9.17, 15) is 4.79 Å². The Morgan fingerprint density at radius 3 is 2.50 bits per heavy atom. The number of nitrogens with zero attached hydrogens (tertiary/aromatic N) is 1. The highest BCUT2D eigenvalue weighted by atomic mass is 79.9. The first kappa shape index (κ1) is 24.6. The molecule has 0 radical (unpaired) electrons. The molecule has 1 N–H and O–H groups in total. The van der Waals surface area contributed by atoms with Gasteiger partial charge in [0.05, 0.1) is 27.9 Å². The van der Waals surface area contributed by atoms with Gasteiger partial charge in [0.1, 0.15) is 6.61 Å². The van der Waals surface area contributed by atoms with Crippen LogP contribution in [-0.2, 0) is 6.61 Å². The van der Waals surface area contributed by atoms with Gasteiger partial charge in [0, 0.05) is 9.50 Å². The molecular weight excluding hydrogens is 583 g/mol. The highest BCUT2D eigenvalue weighted by molar-refractivity contribution is 9.10. The first-order valence-corrected chi connectivity index (χ1v) is 11.8. The monoisotopic (exact) mass is 598 g/mol. The summed E-state index contributed by atoms with van der Waals surface area (Å²) in [6.45, 7) is 2.74. The van der Waals surface area contributed by atoms with E-state index in [0.717, 1.165) is 10.0 Å². The SMILES string of the molecule is CCOc1cc(/C=N/NC(=O)c2ccc(Cl)cc2Cl)cc(Br)c1OCc1ccc(Br)cc1. The van der Waals surface area contributed by atoms with Crippen molar-refractivity contribution < 1.29 is 14.3 Å². The summed E-state index contributed by atoms with van der Waals surface area (Å²) < 4.78 is 13.5. The van der Waals surface area contributed by atoms with E-state index in [-0.39, 0.29) is 10.6 Å². The molecule has 0 aliphatic rings. The summed E-state index contributed by atoms with van der Waals surface area (Å²) in [5.41, 5.74) is 4.47. The van der Waals surface area contributed by atoms with E-state index in [0.29, 0.717) is 39.8 Å². The zero-order chi connectivity index (χ0) is 23.1. The highest BCUT2D eigenvalue weighted by Crippen LogP contribution is 2.37. The van der Waals surface area contributed by atoms with Crippen LogP contribution in [0.1, 0.15) is 28.4 Å². The molecule has 3 aromatic carbocycles. The predicted molar refractivity (Wildman–Crippen MR) is 135 cm³/mol. The number of ether oxygens (including phenoxy) is 2. The van der Waals surface area contributed by atoms with Crippen LogP contribution in [0.15, 0.2) is 68.6 Å². The van der Waals surface area contributed by atoms with Crippen LogP contribution in [0.5, 0.6) is 11.5 Å². The lowest BCUT2D eigenvalue weighted by atomic mass is 10.2. The van der Waals surface area contributed by atoms with Crippen LogP contribution in [0.4, 0.5) is 0 Å². The van der Waals surface area contributed by atoms with Crippen molar-refractivity contribution in [2.24, 2.45) is 5.10 Å². The van der Waals surface area contributed by atoms with Gasteiger partial charge in [-0.2, -0.15) is 5.10 Å². The number of hydrogen-bond donors (Lipinski definition) is 1. The molecule has 1 amide bonds. The second-order valence-corrected chi connectivity index (χ2v) is 9.12. The third kappa shape index (κ3) is 6.72. The van der Waals surface area contributed by atoms with Crippen molar-refractivity contribution in [1.29, 1.82) is 0 Å². The summed E-state index contributed by atoms with van der Waals surface area (Å²) in [5.74, 6) is 0.706. The summed E-state index contributed by atoms with van der Waals surface area (Å²) in [4.78, 5) is 12.3. The summed E-state index contributed by atoms with van der Waals surface area (Å²) in [5, 5.41) is 4.72. The lowest BCUT2D eigenvalue weighted by Crippen LogP contribution is -2.18. The normalized spacial score (nSPS) is 10.9. The number of benzene rings is 3. The molecule has 32 heavy (non-hydrogen) atoms. The van der Waals surface area contributed by atoms with Gasteiger partial charge in [-0.15, -0.1) is 0 Å². The maximum atomic E-state index is 12.3. The largest absolute Gasteiger partial charge is 0.490 e. The van der Waals surface area contributed by atoms with Crippen molar-refractivity contribution in [2.45, 2.75) is 13.5 Å². The van der Waals surface area contributed by atoms with Crippen LogP contribution in [0, 0.1) is 0 Å². The number of rotatable bonds is 8. The van der Waals surface area contributed by atoms with Crippen LogP contribution in [0.25, 0.3) is 0 Å². The number of nitrogens with one attached hydrogen (secondary N) is 1. The van der Waals surface area contributed by atoms with E-state index in [1.807, 2.05) is 37.3 Å². The average Bonchev–Trinajstić information content (AvgIpc) is 2.74. The lowest BCUT2D eigenvalue weighted by molar-refractivity contribution is 0.0955. The third-order valence-electron chi connectivity index (χ3n) is 4.18. The minimum Gasteiger partial charge on any atom is -0.490 e. The van der Waals surface area contributed by atoms with Crippen molar-refractivity contribution in [3.8, 4) is 11.5 Å². The first-order valence-electron chi connectivity index (χ1n) is 9.49. The Hall–Kier alpha value is -2.06. The number of carbonyl (C=O) groups excluding carboxylic acids is 1. The van der Waals surface area contributed by atoms with E-state index in [1.165, 1.54) is 18.3 Å². The summed E-state index contributed by atoms with van der Waals surface area (Å²) in [7, 11) is 0. The molecule has 3 rings (SSSR count). The molecule has 5 nitrogen and oxygen atoms in total. The molecular formula is C23H18Br2Cl2N2O3. The van der Waals surface area contributed by atoms with Gasteiger partial charge >= 0.3 is 0 Å². The van der Waals surface area contributed by atoms with E-state index >= 15 is 0 Å². The quantitative estimate of drug-likeness (QED) is 0.219. The second kappa shape index (κ2) is 11.7. The van der Waals surface area contributed by atoms with Gasteiger partial charge in [-0.3, -0.25) is 4.79 Å². The second-order valence-electron chi connectivity index (χ2n) is 6.50. The van der Waals surface area contributed by atoms with Crippen molar-refractivity contribution >= 4 is 67.2 Å². The average molecular weight is 601 g/mol. The fourth-order valence-corrected chi connectivity index (χ4v) is 4.03. The maximum Gasteiger partial charge on any atom is 0.272 e. The first-order chi connectivity index (χ1) is 15.4. The molecule has 3 aromatic rings. The fourth-order valence-electron chi connectivity index (χ4n) is 2.70. The zero-order valence-corrected chi connectivity index (χ0v) is 21.6. The number of hydrogen-bond acceptors (Lipinski definition) is 4. The van der Waals surface area contributed by atoms with Crippen molar-refractivity contribution in [2.75, 3.05) is 6.61 Å². The van der Waals surface area contributed by atoms with Gasteiger partial charge in [0.2, 0.25) is 0 Å². The van der Waals surface area contributed by atoms with Gasteiger partial charge in [-0.25, -0.2) is 5.43 Å². The van der Waals surface area contributed by atoms with Crippen LogP contribution < -0.4 is 14.9 Å². The van der Waals surface area contributed by atoms with Crippen molar-refractivity contribution in [1.82, 2.24) is 5.43 Å². The van der Waals surface area contributed by atoms with E-state index in [2.05, 4.69) is 42.4 Å². The molecule has 0 aliphatic heterocycles. The molecule has 0 aromatic heterocycles. The standard InChI is InChI=1S/C23H18Br2Cl2N2O3/c1-2-31-21-10-15(12-28-29-23(30)18-8-7-17(26)11-20(18)27)9-19(25)22(21)32-13-14-3-5-16(24)6-4-14/h3-12H,2,13H2,1H3,(H,29,30)/b28-12+. The summed E-state index contributed by atoms with van der Waals surface area (Å²) in [6, 6.07) is 16.1. The molecule has 0 saturated heterocycles. The van der Waals surface area contributed by atoms with Crippen LogP contribution >= 0.6 is 55.1 Å². The van der Waals surface area contributed by atoms with Crippen LogP contribution in [0.2, 0.25) is 10.0 Å². The van der Waals surface area contributed by atoms with Gasteiger partial charge in [-0.05, 0) is 76.4 Å².